The van der Waals surface area contributed by atoms with E-state index in [2.05, 4.69) is 126 Å². The van der Waals surface area contributed by atoms with E-state index in [-0.39, 0.29) is 0 Å². The van der Waals surface area contributed by atoms with Gasteiger partial charge in [0.2, 0.25) is 0 Å². The first-order chi connectivity index (χ1) is 22.3. The molecule has 0 saturated carbocycles. The Kier molecular flexibility index (Phi) is 4.96. The van der Waals surface area contributed by atoms with Crippen molar-refractivity contribution in [3.8, 4) is 50.6 Å². The van der Waals surface area contributed by atoms with Gasteiger partial charge in [0.15, 0.2) is 0 Å². The molecule has 0 atom stereocenters. The minimum Gasteiger partial charge on any atom is -0.292 e. The Bertz CT molecular complexity index is 2600. The van der Waals surface area contributed by atoms with Crippen LogP contribution in [0.3, 0.4) is 0 Å². The van der Waals surface area contributed by atoms with Crippen LogP contribution in [0.1, 0.15) is 0 Å². The number of pyridine rings is 2. The third-order valence-corrected chi connectivity index (χ3v) is 9.15. The van der Waals surface area contributed by atoms with Crippen LogP contribution in [-0.2, 0) is 0 Å². The van der Waals surface area contributed by atoms with E-state index in [1.54, 1.807) is 0 Å². The fourth-order valence-corrected chi connectivity index (χ4v) is 7.14. The number of aromatic nitrogens is 4. The average molecular weight is 573 g/mol. The van der Waals surface area contributed by atoms with E-state index in [9.17, 15) is 0 Å². The zero-order valence-electron chi connectivity index (χ0n) is 24.1. The Balaban J connectivity index is 1.16. The second kappa shape index (κ2) is 9.18. The molecule has 0 radical (unpaired) electrons. The maximum Gasteiger partial charge on any atom is 0.145 e. The van der Waals surface area contributed by atoms with Gasteiger partial charge in [0.1, 0.15) is 5.82 Å². The molecule has 0 unspecified atom stereocenters. The topological polar surface area (TPSA) is 43.6 Å². The highest BCUT2D eigenvalue weighted by atomic mass is 15.1. The first-order valence-electron chi connectivity index (χ1n) is 15.2. The van der Waals surface area contributed by atoms with Crippen molar-refractivity contribution >= 4 is 43.6 Å². The van der Waals surface area contributed by atoms with Crippen molar-refractivity contribution < 1.29 is 0 Å². The van der Waals surface area contributed by atoms with E-state index in [4.69, 9.17) is 15.0 Å². The summed E-state index contributed by atoms with van der Waals surface area (Å²) < 4.78 is 2.23. The molecule has 0 spiro atoms. The molecule has 1 aliphatic rings. The van der Waals surface area contributed by atoms with Crippen LogP contribution in [0.25, 0.3) is 94.2 Å². The van der Waals surface area contributed by atoms with E-state index in [0.717, 1.165) is 66.6 Å². The molecule has 10 rings (SSSR count). The van der Waals surface area contributed by atoms with Gasteiger partial charge in [0.05, 0.1) is 27.8 Å². The molecule has 6 aromatic carbocycles. The lowest BCUT2D eigenvalue weighted by atomic mass is 9.96. The molecule has 0 N–H and O–H groups in total. The lowest BCUT2D eigenvalue weighted by Gasteiger charge is -2.12. The predicted molar refractivity (Wildman–Crippen MR) is 184 cm³/mol. The minimum atomic E-state index is 0.918. The highest BCUT2D eigenvalue weighted by Crippen LogP contribution is 2.51. The minimum absolute atomic E-state index is 0.918. The van der Waals surface area contributed by atoms with Crippen molar-refractivity contribution in [1.82, 2.24) is 19.5 Å². The number of hydrogen-bond donors (Lipinski definition) is 0. The summed E-state index contributed by atoms with van der Waals surface area (Å²) in [4.78, 5) is 15.3. The number of hydrogen-bond acceptors (Lipinski definition) is 3. The van der Waals surface area contributed by atoms with E-state index < -0.39 is 0 Å². The van der Waals surface area contributed by atoms with Crippen LogP contribution in [0.4, 0.5) is 0 Å². The number of nitrogens with zero attached hydrogens (tertiary/aromatic N) is 4. The SMILES string of the molecule is c1ccc(-n2c(-c3ccc(-c4ccc5cc6c7c(cc8cccnc8c7c5n4)-c4ccccc4-6)cc3)nc3ccccc32)cc1. The molecule has 208 valence electrons. The Morgan fingerprint density at radius 2 is 1.16 bits per heavy atom. The van der Waals surface area contributed by atoms with Crippen LogP contribution in [0.5, 0.6) is 0 Å². The van der Waals surface area contributed by atoms with Gasteiger partial charge < -0.3 is 0 Å². The summed E-state index contributed by atoms with van der Waals surface area (Å²) in [5, 5.41) is 4.62. The first kappa shape index (κ1) is 24.3. The molecule has 0 saturated heterocycles. The van der Waals surface area contributed by atoms with Crippen LogP contribution in [-0.4, -0.2) is 19.5 Å². The quantitative estimate of drug-likeness (QED) is 0.198. The van der Waals surface area contributed by atoms with Crippen LogP contribution in [0.15, 0.2) is 146 Å². The van der Waals surface area contributed by atoms with Crippen molar-refractivity contribution in [2.45, 2.75) is 0 Å². The van der Waals surface area contributed by atoms with Crippen molar-refractivity contribution in [3.63, 3.8) is 0 Å². The van der Waals surface area contributed by atoms with Gasteiger partial charge in [-0.2, -0.15) is 0 Å². The van der Waals surface area contributed by atoms with Gasteiger partial charge in [-0.1, -0.05) is 91.0 Å². The zero-order valence-corrected chi connectivity index (χ0v) is 24.1. The molecule has 0 fully saturated rings. The molecule has 0 amide bonds. The number of rotatable bonds is 3. The molecular formula is C41H24N4. The van der Waals surface area contributed by atoms with Crippen LogP contribution >= 0.6 is 0 Å². The Morgan fingerprint density at radius 3 is 1.96 bits per heavy atom. The molecule has 4 heteroatoms. The summed E-state index contributed by atoms with van der Waals surface area (Å²) >= 11 is 0. The third kappa shape index (κ3) is 3.51. The summed E-state index contributed by atoms with van der Waals surface area (Å²) in [5.41, 5.74) is 13.3. The third-order valence-electron chi connectivity index (χ3n) is 9.15. The zero-order chi connectivity index (χ0) is 29.5. The van der Waals surface area contributed by atoms with Gasteiger partial charge in [-0.15, -0.1) is 0 Å². The molecule has 4 nitrogen and oxygen atoms in total. The Hall–Kier alpha value is -6.13. The van der Waals surface area contributed by atoms with Gasteiger partial charge in [0.25, 0.3) is 0 Å². The second-order valence-electron chi connectivity index (χ2n) is 11.7. The Morgan fingerprint density at radius 1 is 0.467 bits per heavy atom. The van der Waals surface area contributed by atoms with E-state index in [1.807, 2.05) is 24.4 Å². The van der Waals surface area contributed by atoms with Crippen LogP contribution in [0.2, 0.25) is 0 Å². The second-order valence-corrected chi connectivity index (χ2v) is 11.7. The van der Waals surface area contributed by atoms with Gasteiger partial charge in [0, 0.05) is 44.6 Å². The monoisotopic (exact) mass is 572 g/mol. The number of imidazole rings is 1. The highest BCUT2D eigenvalue weighted by Gasteiger charge is 2.25. The summed E-state index contributed by atoms with van der Waals surface area (Å²) in [7, 11) is 0. The standard InChI is InChI=1S/C41H24N4/c1-2-10-29(11-3-1)45-36-15-7-6-14-35(36)44-41(45)26-18-16-25(17-19-26)34-21-20-28-24-33-31-13-5-4-12-30(31)32-23-27-9-8-22-42-39(27)38(37(32)33)40(28)43-34/h1-24H. The molecule has 9 aromatic rings. The average Bonchev–Trinajstić information content (AvgIpc) is 3.65. The smallest absolute Gasteiger partial charge is 0.145 e. The van der Waals surface area contributed by atoms with Crippen LogP contribution in [0, 0.1) is 0 Å². The molecule has 45 heavy (non-hydrogen) atoms. The fraction of sp³-hybridized carbons (Fsp3) is 0. The fourth-order valence-electron chi connectivity index (χ4n) is 7.14. The summed E-state index contributed by atoms with van der Waals surface area (Å²) in [5.74, 6) is 0.918. The highest BCUT2D eigenvalue weighted by molar-refractivity contribution is 6.29. The lowest BCUT2D eigenvalue weighted by molar-refractivity contribution is 1.10. The summed E-state index contributed by atoms with van der Waals surface area (Å²) in [6.45, 7) is 0. The van der Waals surface area contributed by atoms with Crippen molar-refractivity contribution in [1.29, 1.82) is 0 Å². The molecule has 0 bridgehead atoms. The molecule has 1 aliphatic carbocycles. The van der Waals surface area contributed by atoms with E-state index in [1.165, 1.54) is 27.6 Å². The molecule has 3 aromatic heterocycles. The molecular weight excluding hydrogens is 548 g/mol. The normalized spacial score (nSPS) is 12.0. The van der Waals surface area contributed by atoms with Crippen molar-refractivity contribution in [2.75, 3.05) is 0 Å². The van der Waals surface area contributed by atoms with E-state index in [0.29, 0.717) is 0 Å². The van der Waals surface area contributed by atoms with Gasteiger partial charge in [-0.3, -0.25) is 9.55 Å². The van der Waals surface area contributed by atoms with Gasteiger partial charge in [-0.25, -0.2) is 9.97 Å². The van der Waals surface area contributed by atoms with Crippen LogP contribution < -0.4 is 0 Å². The first-order valence-corrected chi connectivity index (χ1v) is 15.2. The maximum atomic E-state index is 5.34. The largest absolute Gasteiger partial charge is 0.292 e. The number of benzene rings is 6. The maximum absolute atomic E-state index is 5.34. The molecule has 3 heterocycles. The lowest BCUT2D eigenvalue weighted by Crippen LogP contribution is -1.97. The van der Waals surface area contributed by atoms with Gasteiger partial charge in [-0.05, 0) is 70.8 Å². The van der Waals surface area contributed by atoms with E-state index >= 15 is 0 Å². The predicted octanol–water partition coefficient (Wildman–Crippen LogP) is 10.3. The number of para-hydroxylation sites is 3. The van der Waals surface area contributed by atoms with Crippen molar-refractivity contribution in [3.05, 3.63) is 146 Å². The van der Waals surface area contributed by atoms with Crippen molar-refractivity contribution in [2.24, 2.45) is 0 Å². The molecule has 0 aliphatic heterocycles. The summed E-state index contributed by atoms with van der Waals surface area (Å²) in [6.07, 6.45) is 1.89. The van der Waals surface area contributed by atoms with Gasteiger partial charge >= 0.3 is 0 Å². The Labute approximate surface area is 258 Å². The summed E-state index contributed by atoms with van der Waals surface area (Å²) in [6, 6.07) is 49.2. The number of fused-ring (bicyclic) bond motifs is 8.